The first kappa shape index (κ1) is 19.0. The van der Waals surface area contributed by atoms with Gasteiger partial charge in [0.2, 0.25) is 0 Å². The lowest BCUT2D eigenvalue weighted by atomic mass is 10.0. The van der Waals surface area contributed by atoms with Crippen LogP contribution >= 0.6 is 11.3 Å². The fourth-order valence-corrected chi connectivity index (χ4v) is 4.46. The van der Waals surface area contributed by atoms with Gasteiger partial charge in [-0.3, -0.25) is 14.3 Å². The average molecular weight is 404 g/mol. The van der Waals surface area contributed by atoms with Crippen molar-refractivity contribution < 1.29 is 13.6 Å². The summed E-state index contributed by atoms with van der Waals surface area (Å²) >= 11 is 1.50. The molecule has 1 aromatic carbocycles. The van der Waals surface area contributed by atoms with Crippen LogP contribution in [0.15, 0.2) is 41.1 Å². The molecular weight excluding hydrogens is 382 g/mol. The zero-order valence-electron chi connectivity index (χ0n) is 15.5. The molecule has 1 unspecified atom stereocenters. The Morgan fingerprint density at radius 1 is 1.25 bits per heavy atom. The van der Waals surface area contributed by atoms with E-state index < -0.39 is 6.55 Å². The maximum atomic E-state index is 13.7. The molecule has 0 spiro atoms. The van der Waals surface area contributed by atoms with Crippen LogP contribution in [0.5, 0.6) is 0 Å². The van der Waals surface area contributed by atoms with Crippen molar-refractivity contribution in [3.63, 3.8) is 0 Å². The number of carbonyl (C=O) groups is 1. The normalized spacial score (nSPS) is 17.3. The molecule has 3 aromatic rings. The highest BCUT2D eigenvalue weighted by molar-refractivity contribution is 7.08. The fraction of sp³-hybridized carbons (Fsp3) is 0.400. The third-order valence-electron chi connectivity index (χ3n) is 5.39. The molecule has 1 amide bonds. The summed E-state index contributed by atoms with van der Waals surface area (Å²) in [5.41, 5.74) is 1.73. The molecule has 4 rings (SSSR count). The minimum Gasteiger partial charge on any atom is -0.349 e. The van der Waals surface area contributed by atoms with Gasteiger partial charge < -0.3 is 5.32 Å². The number of thiophene rings is 1. The fourth-order valence-electron chi connectivity index (χ4n) is 3.82. The lowest BCUT2D eigenvalue weighted by molar-refractivity contribution is 0.0612. The lowest BCUT2D eigenvalue weighted by Gasteiger charge is -2.36. The molecule has 3 heterocycles. The Bertz CT molecular complexity index is 948. The first-order chi connectivity index (χ1) is 13.5. The minimum atomic E-state index is -2.63. The van der Waals surface area contributed by atoms with Gasteiger partial charge in [-0.15, -0.1) is 0 Å². The van der Waals surface area contributed by atoms with Crippen LogP contribution in [0.4, 0.5) is 8.78 Å². The Balaban J connectivity index is 1.44. The molecule has 0 saturated carbocycles. The largest absolute Gasteiger partial charge is 0.349 e. The van der Waals surface area contributed by atoms with E-state index in [-0.39, 0.29) is 18.0 Å². The molecule has 2 aromatic heterocycles. The second-order valence-electron chi connectivity index (χ2n) is 7.08. The van der Waals surface area contributed by atoms with Crippen LogP contribution in [0, 0.1) is 0 Å². The highest BCUT2D eigenvalue weighted by Crippen LogP contribution is 2.30. The standard InChI is InChI=1S/C20H22F2N4OS/c1-13(18-24-16-4-2-3-5-17(16)26(18)20(21)22)25-9-6-15(7-10-25)23-19(27)14-8-11-28-12-14/h2-5,8,11-13,15,20H,6-7,9-10H2,1H3,(H,23,27). The molecule has 1 aliphatic heterocycles. The molecule has 1 atom stereocenters. The number of alkyl halides is 2. The molecule has 0 aliphatic carbocycles. The maximum Gasteiger partial charge on any atom is 0.320 e. The predicted molar refractivity (Wildman–Crippen MR) is 106 cm³/mol. The van der Waals surface area contributed by atoms with Gasteiger partial charge in [0.15, 0.2) is 0 Å². The van der Waals surface area contributed by atoms with Crippen LogP contribution in [0.3, 0.4) is 0 Å². The third kappa shape index (κ3) is 3.66. The Labute approximate surface area is 166 Å². The van der Waals surface area contributed by atoms with Crippen LogP contribution in [0.1, 0.15) is 48.5 Å². The van der Waals surface area contributed by atoms with Gasteiger partial charge in [-0.05, 0) is 43.3 Å². The molecule has 5 nitrogen and oxygen atoms in total. The number of imidazole rings is 1. The SMILES string of the molecule is CC(c1nc2ccccc2n1C(F)F)N1CCC(NC(=O)c2ccsc2)CC1. The Hall–Kier alpha value is -2.32. The van der Waals surface area contributed by atoms with E-state index in [1.807, 2.05) is 23.8 Å². The van der Waals surface area contributed by atoms with Crippen molar-refractivity contribution in [1.29, 1.82) is 0 Å². The molecule has 1 N–H and O–H groups in total. The summed E-state index contributed by atoms with van der Waals surface area (Å²) in [7, 11) is 0. The number of benzene rings is 1. The number of hydrogen-bond donors (Lipinski definition) is 1. The van der Waals surface area contributed by atoms with Crippen molar-refractivity contribution >= 4 is 28.3 Å². The summed E-state index contributed by atoms with van der Waals surface area (Å²) in [5, 5.41) is 6.79. The minimum absolute atomic E-state index is 0.0489. The van der Waals surface area contributed by atoms with E-state index in [2.05, 4.69) is 15.2 Å². The van der Waals surface area contributed by atoms with Gasteiger partial charge >= 0.3 is 6.55 Å². The van der Waals surface area contributed by atoms with Gasteiger partial charge in [0, 0.05) is 30.1 Å². The molecule has 0 bridgehead atoms. The van der Waals surface area contributed by atoms with Crippen molar-refractivity contribution in [3.05, 3.63) is 52.5 Å². The van der Waals surface area contributed by atoms with E-state index in [4.69, 9.17) is 0 Å². The first-order valence-corrected chi connectivity index (χ1v) is 10.3. The van der Waals surface area contributed by atoms with Gasteiger partial charge in [-0.2, -0.15) is 20.1 Å². The van der Waals surface area contributed by atoms with Crippen molar-refractivity contribution in [2.24, 2.45) is 0 Å². The van der Waals surface area contributed by atoms with Crippen LogP contribution < -0.4 is 5.32 Å². The van der Waals surface area contributed by atoms with E-state index in [1.165, 1.54) is 11.3 Å². The van der Waals surface area contributed by atoms with E-state index in [0.717, 1.165) is 30.5 Å². The smallest absolute Gasteiger partial charge is 0.320 e. The Morgan fingerprint density at radius 3 is 2.68 bits per heavy atom. The number of piperidine rings is 1. The Morgan fingerprint density at radius 2 is 2.00 bits per heavy atom. The van der Waals surface area contributed by atoms with Gasteiger partial charge in [-0.1, -0.05) is 12.1 Å². The number of rotatable bonds is 5. The van der Waals surface area contributed by atoms with E-state index in [1.54, 1.807) is 24.3 Å². The maximum absolute atomic E-state index is 13.7. The zero-order valence-corrected chi connectivity index (χ0v) is 16.3. The van der Waals surface area contributed by atoms with Gasteiger partial charge in [0.1, 0.15) is 5.82 Å². The first-order valence-electron chi connectivity index (χ1n) is 9.36. The number of carbonyl (C=O) groups excluding carboxylic acids is 1. The predicted octanol–water partition coefficient (Wildman–Crippen LogP) is 4.45. The molecule has 1 fully saturated rings. The molecule has 148 valence electrons. The highest BCUT2D eigenvalue weighted by Gasteiger charge is 2.29. The van der Waals surface area contributed by atoms with Crippen molar-refractivity contribution in [2.45, 2.75) is 38.4 Å². The molecule has 1 aliphatic rings. The number of halogens is 2. The number of amides is 1. The summed E-state index contributed by atoms with van der Waals surface area (Å²) in [6.45, 7) is 0.738. The summed E-state index contributed by atoms with van der Waals surface area (Å²) in [4.78, 5) is 18.9. The quantitative estimate of drug-likeness (QED) is 0.684. The van der Waals surface area contributed by atoms with Crippen molar-refractivity contribution in [1.82, 2.24) is 19.8 Å². The van der Waals surface area contributed by atoms with Crippen molar-refractivity contribution in [2.75, 3.05) is 13.1 Å². The summed E-state index contributed by atoms with van der Waals surface area (Å²) in [6, 6.07) is 8.68. The monoisotopic (exact) mass is 404 g/mol. The molecule has 0 radical (unpaired) electrons. The molecule has 28 heavy (non-hydrogen) atoms. The van der Waals surface area contributed by atoms with Crippen LogP contribution in [-0.4, -0.2) is 39.5 Å². The van der Waals surface area contributed by atoms with Crippen LogP contribution in [0.25, 0.3) is 11.0 Å². The number of nitrogens with zero attached hydrogens (tertiary/aromatic N) is 3. The van der Waals surface area contributed by atoms with Gasteiger partial charge in [-0.25, -0.2) is 4.98 Å². The van der Waals surface area contributed by atoms with E-state index in [0.29, 0.717) is 22.4 Å². The van der Waals surface area contributed by atoms with Crippen LogP contribution in [-0.2, 0) is 0 Å². The molecular formula is C20H22F2N4OS. The summed E-state index contributed by atoms with van der Waals surface area (Å²) in [5.74, 6) is 0.337. The highest BCUT2D eigenvalue weighted by atomic mass is 32.1. The summed E-state index contributed by atoms with van der Waals surface area (Å²) in [6.07, 6.45) is 1.57. The van der Waals surface area contributed by atoms with Crippen molar-refractivity contribution in [3.8, 4) is 0 Å². The number of aromatic nitrogens is 2. The average Bonchev–Trinajstić information content (AvgIpc) is 3.36. The van der Waals surface area contributed by atoms with Crippen LogP contribution in [0.2, 0.25) is 0 Å². The zero-order chi connectivity index (χ0) is 19.7. The second-order valence-corrected chi connectivity index (χ2v) is 7.86. The number of hydrogen-bond acceptors (Lipinski definition) is 4. The lowest BCUT2D eigenvalue weighted by Crippen LogP contribution is -2.45. The van der Waals surface area contributed by atoms with Gasteiger partial charge in [0.25, 0.3) is 5.91 Å². The molecule has 1 saturated heterocycles. The third-order valence-corrected chi connectivity index (χ3v) is 6.07. The number of fused-ring (bicyclic) bond motifs is 1. The number of nitrogens with one attached hydrogen (secondary N) is 1. The Kier molecular flexibility index (Phi) is 5.41. The number of para-hydroxylation sites is 2. The molecule has 8 heteroatoms. The van der Waals surface area contributed by atoms with Gasteiger partial charge in [0.05, 0.1) is 17.1 Å². The summed E-state index contributed by atoms with van der Waals surface area (Å²) < 4.78 is 28.5. The van der Waals surface area contributed by atoms with E-state index >= 15 is 0 Å². The number of likely N-dealkylation sites (tertiary alicyclic amines) is 1. The van der Waals surface area contributed by atoms with E-state index in [9.17, 15) is 13.6 Å². The topological polar surface area (TPSA) is 50.2 Å². The second kappa shape index (κ2) is 7.97.